The highest BCUT2D eigenvalue weighted by Gasteiger charge is 2.08. The largest absolute Gasteiger partial charge is 0.497 e. The van der Waals surface area contributed by atoms with E-state index in [0.717, 1.165) is 16.9 Å². The van der Waals surface area contributed by atoms with Crippen LogP contribution in [0.3, 0.4) is 0 Å². The van der Waals surface area contributed by atoms with Gasteiger partial charge in [-0.1, -0.05) is 6.07 Å². The second-order valence-electron chi connectivity index (χ2n) is 5.16. The van der Waals surface area contributed by atoms with Crippen molar-refractivity contribution in [1.82, 2.24) is 9.38 Å². The smallest absolute Gasteiger partial charge is 0.230 e. The minimum absolute atomic E-state index is 0.103. The normalized spacial score (nSPS) is 10.6. The Morgan fingerprint density at radius 2 is 2.18 bits per heavy atom. The summed E-state index contributed by atoms with van der Waals surface area (Å²) in [5.74, 6) is 0.606. The number of methoxy groups -OCH3 is 1. The van der Waals surface area contributed by atoms with Crippen molar-refractivity contribution in [2.75, 3.05) is 12.4 Å². The zero-order valence-corrected chi connectivity index (χ0v) is 12.5. The summed E-state index contributed by atoms with van der Waals surface area (Å²) in [6, 6.07) is 11.3. The van der Waals surface area contributed by atoms with Crippen molar-refractivity contribution in [3.05, 3.63) is 60.0 Å². The molecular weight excluding hydrogens is 278 g/mol. The number of hydrogen-bond acceptors (Lipinski definition) is 3. The van der Waals surface area contributed by atoms with Crippen molar-refractivity contribution in [2.24, 2.45) is 0 Å². The van der Waals surface area contributed by atoms with E-state index in [1.165, 1.54) is 0 Å². The van der Waals surface area contributed by atoms with Gasteiger partial charge in [0.1, 0.15) is 11.4 Å². The summed E-state index contributed by atoms with van der Waals surface area (Å²) in [5, 5.41) is 2.85. The molecule has 3 aromatic rings. The third-order valence-electron chi connectivity index (χ3n) is 3.36. The number of carbonyl (C=O) groups excluding carboxylic acids is 1. The first-order valence-electron chi connectivity index (χ1n) is 7.02. The first-order valence-corrected chi connectivity index (χ1v) is 7.02. The molecule has 2 heterocycles. The van der Waals surface area contributed by atoms with E-state index in [9.17, 15) is 4.79 Å². The Bertz CT molecular complexity index is 824. The van der Waals surface area contributed by atoms with Crippen molar-refractivity contribution < 1.29 is 9.53 Å². The van der Waals surface area contributed by atoms with Gasteiger partial charge >= 0.3 is 0 Å². The van der Waals surface area contributed by atoms with Gasteiger partial charge in [0.25, 0.3) is 0 Å². The van der Waals surface area contributed by atoms with E-state index < -0.39 is 0 Å². The van der Waals surface area contributed by atoms with Gasteiger partial charge in [-0.3, -0.25) is 4.79 Å². The van der Waals surface area contributed by atoms with Crippen molar-refractivity contribution in [3.8, 4) is 5.75 Å². The summed E-state index contributed by atoms with van der Waals surface area (Å²) in [5.41, 5.74) is 3.45. The number of nitrogens with zero attached hydrogens (tertiary/aromatic N) is 2. The molecule has 0 bridgehead atoms. The summed E-state index contributed by atoms with van der Waals surface area (Å²) < 4.78 is 7.06. The number of nitrogens with one attached hydrogen (secondary N) is 1. The van der Waals surface area contributed by atoms with Crippen molar-refractivity contribution >= 4 is 17.2 Å². The maximum atomic E-state index is 12.1. The van der Waals surface area contributed by atoms with Crippen LogP contribution in [0, 0.1) is 6.92 Å². The average Bonchev–Trinajstić information content (AvgIpc) is 2.88. The lowest BCUT2D eigenvalue weighted by Crippen LogP contribution is -2.14. The highest BCUT2D eigenvalue weighted by molar-refractivity contribution is 5.92. The third-order valence-corrected chi connectivity index (χ3v) is 3.36. The van der Waals surface area contributed by atoms with E-state index in [2.05, 4.69) is 10.3 Å². The minimum Gasteiger partial charge on any atom is -0.497 e. The van der Waals surface area contributed by atoms with Gasteiger partial charge in [0, 0.05) is 24.1 Å². The van der Waals surface area contributed by atoms with Gasteiger partial charge in [0.2, 0.25) is 5.91 Å². The first-order chi connectivity index (χ1) is 10.6. The zero-order chi connectivity index (χ0) is 15.5. The van der Waals surface area contributed by atoms with E-state index in [1.807, 2.05) is 54.0 Å². The monoisotopic (exact) mass is 295 g/mol. The molecule has 0 spiro atoms. The lowest BCUT2D eigenvalue weighted by Gasteiger charge is -2.05. The van der Waals surface area contributed by atoms with Crippen LogP contribution in [0.2, 0.25) is 0 Å². The second-order valence-corrected chi connectivity index (χ2v) is 5.16. The molecule has 22 heavy (non-hydrogen) atoms. The number of hydrogen-bond donors (Lipinski definition) is 1. The Hall–Kier alpha value is -2.82. The zero-order valence-electron chi connectivity index (χ0n) is 12.5. The molecule has 3 rings (SSSR count). The highest BCUT2D eigenvalue weighted by Crippen LogP contribution is 2.17. The molecule has 0 aliphatic carbocycles. The lowest BCUT2D eigenvalue weighted by molar-refractivity contribution is -0.115. The number of amides is 1. The number of aryl methyl sites for hydroxylation is 1. The lowest BCUT2D eigenvalue weighted by atomic mass is 10.2. The molecule has 1 amide bonds. The molecule has 0 radical (unpaired) electrons. The number of ether oxygens (including phenoxy) is 1. The first kappa shape index (κ1) is 14.1. The molecular formula is C17H17N3O2. The number of fused-ring (bicyclic) bond motifs is 1. The van der Waals surface area contributed by atoms with Gasteiger partial charge in [-0.15, -0.1) is 0 Å². The van der Waals surface area contributed by atoms with E-state index in [1.54, 1.807) is 13.2 Å². The topological polar surface area (TPSA) is 55.6 Å². The summed E-state index contributed by atoms with van der Waals surface area (Å²) in [4.78, 5) is 16.6. The number of rotatable bonds is 4. The van der Waals surface area contributed by atoms with Gasteiger partial charge in [-0.05, 0) is 36.8 Å². The molecule has 2 aromatic heterocycles. The fourth-order valence-electron chi connectivity index (χ4n) is 2.29. The Morgan fingerprint density at radius 1 is 1.32 bits per heavy atom. The molecule has 0 aliphatic heterocycles. The van der Waals surface area contributed by atoms with Crippen LogP contribution in [0.25, 0.3) is 5.65 Å². The minimum atomic E-state index is -0.103. The van der Waals surface area contributed by atoms with E-state index in [4.69, 9.17) is 4.74 Å². The summed E-state index contributed by atoms with van der Waals surface area (Å²) in [6.07, 6.45) is 4.05. The van der Waals surface area contributed by atoms with Gasteiger partial charge in [0.05, 0.1) is 19.2 Å². The van der Waals surface area contributed by atoms with Gasteiger partial charge in [-0.2, -0.15) is 0 Å². The fourth-order valence-corrected chi connectivity index (χ4v) is 2.29. The SMILES string of the molecule is COc1cccc(NC(=O)Cc2cn3ccc(C)cc3n2)c1. The molecule has 1 N–H and O–H groups in total. The van der Waals surface area contributed by atoms with E-state index >= 15 is 0 Å². The molecule has 1 aromatic carbocycles. The third kappa shape index (κ3) is 3.09. The molecule has 0 saturated heterocycles. The number of aromatic nitrogens is 2. The van der Waals surface area contributed by atoms with Crippen LogP contribution in [0.15, 0.2) is 48.8 Å². The molecule has 0 saturated carbocycles. The summed E-state index contributed by atoms with van der Waals surface area (Å²) >= 11 is 0. The van der Waals surface area contributed by atoms with E-state index in [0.29, 0.717) is 11.4 Å². The standard InChI is InChI=1S/C17H17N3O2/c1-12-6-7-20-11-14(18-16(20)8-12)10-17(21)19-13-4-3-5-15(9-13)22-2/h3-9,11H,10H2,1-2H3,(H,19,21). The molecule has 0 unspecified atom stereocenters. The Balaban J connectivity index is 1.72. The Morgan fingerprint density at radius 3 is 3.00 bits per heavy atom. The number of carbonyl (C=O) groups is 1. The van der Waals surface area contributed by atoms with Crippen LogP contribution in [0.1, 0.15) is 11.3 Å². The summed E-state index contributed by atoms with van der Waals surface area (Å²) in [7, 11) is 1.60. The molecule has 5 nitrogen and oxygen atoms in total. The second kappa shape index (κ2) is 5.89. The molecule has 0 fully saturated rings. The molecule has 112 valence electrons. The number of imidazole rings is 1. The quantitative estimate of drug-likeness (QED) is 0.805. The van der Waals surface area contributed by atoms with Crippen LogP contribution in [-0.4, -0.2) is 22.4 Å². The van der Waals surface area contributed by atoms with Crippen LogP contribution in [0.4, 0.5) is 5.69 Å². The van der Waals surface area contributed by atoms with Crippen molar-refractivity contribution in [1.29, 1.82) is 0 Å². The number of anilines is 1. The predicted octanol–water partition coefficient (Wildman–Crippen LogP) is 2.83. The van der Waals surface area contributed by atoms with Crippen molar-refractivity contribution in [3.63, 3.8) is 0 Å². The molecule has 0 aliphatic rings. The highest BCUT2D eigenvalue weighted by atomic mass is 16.5. The van der Waals surface area contributed by atoms with Crippen molar-refractivity contribution in [2.45, 2.75) is 13.3 Å². The summed E-state index contributed by atoms with van der Waals surface area (Å²) in [6.45, 7) is 2.02. The van der Waals surface area contributed by atoms with Crippen LogP contribution in [0.5, 0.6) is 5.75 Å². The Kier molecular flexibility index (Phi) is 3.78. The maximum absolute atomic E-state index is 12.1. The fraction of sp³-hybridized carbons (Fsp3) is 0.176. The van der Waals surface area contributed by atoms with Gasteiger partial charge in [0.15, 0.2) is 0 Å². The average molecular weight is 295 g/mol. The number of pyridine rings is 1. The maximum Gasteiger partial charge on any atom is 0.230 e. The van der Waals surface area contributed by atoms with Crippen LogP contribution < -0.4 is 10.1 Å². The van der Waals surface area contributed by atoms with Gasteiger partial charge in [-0.25, -0.2) is 4.98 Å². The Labute approximate surface area is 128 Å². The van der Waals surface area contributed by atoms with Gasteiger partial charge < -0.3 is 14.5 Å². The van der Waals surface area contributed by atoms with Crippen LogP contribution in [-0.2, 0) is 11.2 Å². The van der Waals surface area contributed by atoms with Crippen LogP contribution >= 0.6 is 0 Å². The molecule has 5 heteroatoms. The number of benzene rings is 1. The molecule has 0 atom stereocenters. The predicted molar refractivity (Wildman–Crippen MR) is 85.3 cm³/mol. The van der Waals surface area contributed by atoms with E-state index in [-0.39, 0.29) is 12.3 Å².